The first kappa shape index (κ1) is 22.4. The first-order valence-corrected chi connectivity index (χ1v) is 9.43. The molecule has 0 saturated heterocycles. The molecule has 1 heterocycles. The fourth-order valence-electron chi connectivity index (χ4n) is 2.74. The summed E-state index contributed by atoms with van der Waals surface area (Å²) in [6.45, 7) is -0.111. The van der Waals surface area contributed by atoms with Crippen LogP contribution < -0.4 is 15.4 Å². The fourth-order valence-corrected chi connectivity index (χ4v) is 2.95. The van der Waals surface area contributed by atoms with Crippen LogP contribution in [0.4, 0.5) is 18.9 Å². The summed E-state index contributed by atoms with van der Waals surface area (Å²) in [5.41, 5.74) is 1.40. The van der Waals surface area contributed by atoms with Gasteiger partial charge in [-0.15, -0.1) is 0 Å². The molecule has 2 N–H and O–H groups in total. The van der Waals surface area contributed by atoms with E-state index >= 15 is 0 Å². The second-order valence-corrected chi connectivity index (χ2v) is 7.02. The summed E-state index contributed by atoms with van der Waals surface area (Å²) >= 11 is 6.13. The van der Waals surface area contributed by atoms with Gasteiger partial charge in [0.15, 0.2) is 6.61 Å². The lowest BCUT2D eigenvalue weighted by atomic mass is 10.1. The SMILES string of the molecule is Cc1ccc(C(=O)NCC(F)(F)F)cc1NC(=O)COc1ccc(Cl)c2cccnc12. The Labute approximate surface area is 180 Å². The Morgan fingerprint density at radius 3 is 2.68 bits per heavy atom. The molecule has 10 heteroatoms. The van der Waals surface area contributed by atoms with Gasteiger partial charge in [0.25, 0.3) is 11.8 Å². The first-order valence-electron chi connectivity index (χ1n) is 9.05. The molecule has 2 aromatic carbocycles. The van der Waals surface area contributed by atoms with E-state index < -0.39 is 24.5 Å². The normalized spacial score (nSPS) is 11.3. The van der Waals surface area contributed by atoms with E-state index in [0.29, 0.717) is 27.2 Å². The lowest BCUT2D eigenvalue weighted by molar-refractivity contribution is -0.123. The number of hydrogen-bond donors (Lipinski definition) is 2. The van der Waals surface area contributed by atoms with Crippen molar-refractivity contribution in [3.8, 4) is 5.75 Å². The lowest BCUT2D eigenvalue weighted by Gasteiger charge is -2.13. The minimum Gasteiger partial charge on any atom is -0.481 e. The second-order valence-electron chi connectivity index (χ2n) is 6.61. The van der Waals surface area contributed by atoms with Gasteiger partial charge in [0, 0.05) is 22.8 Å². The maximum Gasteiger partial charge on any atom is 0.405 e. The van der Waals surface area contributed by atoms with Crippen molar-refractivity contribution >= 4 is 40.0 Å². The number of fused-ring (bicyclic) bond motifs is 1. The Bertz CT molecular complexity index is 1140. The van der Waals surface area contributed by atoms with Crippen molar-refractivity contribution in [2.75, 3.05) is 18.5 Å². The summed E-state index contributed by atoms with van der Waals surface area (Å²) in [6, 6.07) is 10.9. The Morgan fingerprint density at radius 1 is 1.16 bits per heavy atom. The van der Waals surface area contributed by atoms with Gasteiger partial charge in [-0.25, -0.2) is 0 Å². The van der Waals surface area contributed by atoms with Crippen LogP contribution in [0.2, 0.25) is 5.02 Å². The largest absolute Gasteiger partial charge is 0.481 e. The number of carbonyl (C=O) groups excluding carboxylic acids is 2. The predicted molar refractivity (Wildman–Crippen MR) is 110 cm³/mol. The number of nitrogens with zero attached hydrogens (tertiary/aromatic N) is 1. The maximum absolute atomic E-state index is 12.3. The van der Waals surface area contributed by atoms with E-state index in [-0.39, 0.29) is 17.9 Å². The number of aryl methyl sites for hydroxylation is 1. The van der Waals surface area contributed by atoms with Gasteiger partial charge >= 0.3 is 6.18 Å². The Balaban J connectivity index is 1.67. The smallest absolute Gasteiger partial charge is 0.405 e. The topological polar surface area (TPSA) is 80.3 Å². The van der Waals surface area contributed by atoms with Crippen molar-refractivity contribution in [1.82, 2.24) is 10.3 Å². The van der Waals surface area contributed by atoms with Crippen LogP contribution in [-0.4, -0.2) is 36.1 Å². The summed E-state index contributed by atoms with van der Waals surface area (Å²) in [5.74, 6) is -1.05. The zero-order valence-corrected chi connectivity index (χ0v) is 17.0. The minimum atomic E-state index is -4.52. The summed E-state index contributed by atoms with van der Waals surface area (Å²) in [4.78, 5) is 28.5. The molecule has 6 nitrogen and oxygen atoms in total. The first-order chi connectivity index (χ1) is 14.6. The molecule has 2 amide bonds. The van der Waals surface area contributed by atoms with Crippen molar-refractivity contribution in [3.63, 3.8) is 0 Å². The number of alkyl halides is 3. The summed E-state index contributed by atoms with van der Waals surface area (Å²) in [6.07, 6.45) is -2.94. The molecule has 0 atom stereocenters. The number of benzene rings is 2. The van der Waals surface area contributed by atoms with Gasteiger partial charge in [-0.2, -0.15) is 13.2 Å². The van der Waals surface area contributed by atoms with E-state index in [9.17, 15) is 22.8 Å². The van der Waals surface area contributed by atoms with Crippen molar-refractivity contribution in [1.29, 1.82) is 0 Å². The van der Waals surface area contributed by atoms with Crippen LogP contribution in [0.5, 0.6) is 5.75 Å². The number of rotatable bonds is 6. The number of amides is 2. The van der Waals surface area contributed by atoms with Crippen molar-refractivity contribution in [2.24, 2.45) is 0 Å². The highest BCUT2D eigenvalue weighted by Gasteiger charge is 2.28. The summed E-state index contributed by atoms with van der Waals surface area (Å²) in [5, 5.41) is 5.56. The quantitative estimate of drug-likeness (QED) is 0.578. The third-order valence-corrected chi connectivity index (χ3v) is 4.59. The number of anilines is 1. The van der Waals surface area contributed by atoms with Gasteiger partial charge in [0.1, 0.15) is 17.8 Å². The fraction of sp³-hybridized carbons (Fsp3) is 0.190. The minimum absolute atomic E-state index is 0.0148. The molecule has 31 heavy (non-hydrogen) atoms. The van der Waals surface area contributed by atoms with Gasteiger partial charge in [-0.05, 0) is 48.9 Å². The van der Waals surface area contributed by atoms with Gasteiger partial charge in [0.2, 0.25) is 0 Å². The van der Waals surface area contributed by atoms with Gasteiger partial charge in [-0.1, -0.05) is 17.7 Å². The van der Waals surface area contributed by atoms with Crippen LogP contribution in [0.1, 0.15) is 15.9 Å². The molecule has 0 bridgehead atoms. The number of halogens is 4. The van der Waals surface area contributed by atoms with E-state index in [1.54, 1.807) is 42.7 Å². The second kappa shape index (κ2) is 9.22. The highest BCUT2D eigenvalue weighted by molar-refractivity contribution is 6.35. The molecule has 0 aliphatic carbocycles. The molecule has 0 saturated carbocycles. The van der Waals surface area contributed by atoms with E-state index in [1.807, 2.05) is 0 Å². The standard InChI is InChI=1S/C21H17ClF3N3O3/c1-12-4-5-13(20(30)27-11-21(23,24)25)9-16(12)28-18(29)10-31-17-7-6-15(22)14-3-2-8-26-19(14)17/h2-9H,10-11H2,1H3,(H,27,30)(H,28,29). The molecule has 1 aromatic heterocycles. The summed E-state index contributed by atoms with van der Waals surface area (Å²) in [7, 11) is 0. The Hall–Kier alpha value is -3.33. The highest BCUT2D eigenvalue weighted by atomic mass is 35.5. The molecule has 0 unspecified atom stereocenters. The molecule has 0 fully saturated rings. The van der Waals surface area contributed by atoms with Crippen LogP contribution in [0.3, 0.4) is 0 Å². The monoisotopic (exact) mass is 451 g/mol. The number of aromatic nitrogens is 1. The molecule has 3 aromatic rings. The number of ether oxygens (including phenoxy) is 1. The van der Waals surface area contributed by atoms with Crippen LogP contribution in [0, 0.1) is 6.92 Å². The molecule has 162 valence electrons. The number of hydrogen-bond acceptors (Lipinski definition) is 4. The average molecular weight is 452 g/mol. The third-order valence-electron chi connectivity index (χ3n) is 4.26. The number of carbonyl (C=O) groups is 2. The molecule has 3 rings (SSSR count). The van der Waals surface area contributed by atoms with Crippen LogP contribution in [-0.2, 0) is 4.79 Å². The molecule has 0 aliphatic heterocycles. The van der Waals surface area contributed by atoms with Gasteiger partial charge in [-0.3, -0.25) is 14.6 Å². The molecule has 0 radical (unpaired) electrons. The van der Waals surface area contributed by atoms with E-state index in [2.05, 4.69) is 10.3 Å². The molecule has 0 spiro atoms. The van der Waals surface area contributed by atoms with E-state index in [4.69, 9.17) is 16.3 Å². The van der Waals surface area contributed by atoms with Gasteiger partial charge in [0.05, 0.1) is 5.02 Å². The highest BCUT2D eigenvalue weighted by Crippen LogP contribution is 2.29. The van der Waals surface area contributed by atoms with Crippen LogP contribution >= 0.6 is 11.6 Å². The van der Waals surface area contributed by atoms with E-state index in [1.165, 1.54) is 18.2 Å². The predicted octanol–water partition coefficient (Wildman–Crippen LogP) is 4.51. The van der Waals surface area contributed by atoms with E-state index in [0.717, 1.165) is 0 Å². The van der Waals surface area contributed by atoms with Crippen LogP contribution in [0.25, 0.3) is 10.9 Å². The Kier molecular flexibility index (Phi) is 6.65. The Morgan fingerprint density at radius 2 is 1.94 bits per heavy atom. The third kappa shape index (κ3) is 5.85. The van der Waals surface area contributed by atoms with Crippen molar-refractivity contribution in [2.45, 2.75) is 13.1 Å². The lowest BCUT2D eigenvalue weighted by Crippen LogP contribution is -2.33. The summed E-state index contributed by atoms with van der Waals surface area (Å²) < 4.78 is 42.4. The van der Waals surface area contributed by atoms with Crippen molar-refractivity contribution < 1.29 is 27.5 Å². The molecular weight excluding hydrogens is 435 g/mol. The maximum atomic E-state index is 12.3. The zero-order valence-electron chi connectivity index (χ0n) is 16.2. The average Bonchev–Trinajstić information content (AvgIpc) is 2.73. The van der Waals surface area contributed by atoms with Crippen LogP contribution in [0.15, 0.2) is 48.7 Å². The molecular formula is C21H17ClF3N3O3. The van der Waals surface area contributed by atoms with Gasteiger partial charge < -0.3 is 15.4 Å². The number of nitrogens with one attached hydrogen (secondary N) is 2. The zero-order chi connectivity index (χ0) is 22.6. The van der Waals surface area contributed by atoms with Crippen molar-refractivity contribution in [3.05, 3.63) is 64.8 Å². The molecule has 0 aliphatic rings. The number of pyridine rings is 1.